The van der Waals surface area contributed by atoms with Crippen LogP contribution in [0.1, 0.15) is 65.0 Å². The van der Waals surface area contributed by atoms with Gasteiger partial charge in [0.2, 0.25) is 5.91 Å². The van der Waals surface area contributed by atoms with Crippen LogP contribution in [0, 0.1) is 5.41 Å². The van der Waals surface area contributed by atoms with E-state index in [4.69, 9.17) is 8.92 Å². The highest BCUT2D eigenvalue weighted by Crippen LogP contribution is 2.34. The maximum atomic E-state index is 13.4. The number of halogens is 3. The Labute approximate surface area is 235 Å². The smallest absolute Gasteiger partial charge is 0.379 e. The highest BCUT2D eigenvalue weighted by Gasteiger charge is 2.33. The summed E-state index contributed by atoms with van der Waals surface area (Å²) in [7, 11) is -4.63. The Balaban J connectivity index is 2.02. The Hall–Kier alpha value is -2.79. The maximum absolute atomic E-state index is 13.4. The number of anilines is 1. The van der Waals surface area contributed by atoms with Gasteiger partial charge >= 0.3 is 16.3 Å². The number of hydrogen-bond donors (Lipinski definition) is 0. The second kappa shape index (κ2) is 12.8. The summed E-state index contributed by atoms with van der Waals surface area (Å²) in [6.07, 6.45) is -2.86. The molecule has 1 fully saturated rings. The van der Waals surface area contributed by atoms with Gasteiger partial charge in [0.05, 0.1) is 11.7 Å². The molecule has 0 aliphatic carbocycles. The average Bonchev–Trinajstić information content (AvgIpc) is 3.37. The molecule has 1 atom stereocenters. The molecule has 0 bridgehead atoms. The Morgan fingerprint density at radius 1 is 1.07 bits per heavy atom. The van der Waals surface area contributed by atoms with Gasteiger partial charge in [-0.25, -0.2) is 0 Å². The Kier molecular flexibility index (Phi) is 10.2. The van der Waals surface area contributed by atoms with Crippen LogP contribution in [-0.2, 0) is 32.4 Å². The van der Waals surface area contributed by atoms with Crippen LogP contribution in [-0.4, -0.2) is 51.6 Å². The average molecular weight is 585 g/mol. The minimum Gasteiger partial charge on any atom is -0.379 e. The lowest BCUT2D eigenvalue weighted by atomic mass is 9.91. The minimum absolute atomic E-state index is 0.0392. The third kappa shape index (κ3) is 8.60. The summed E-state index contributed by atoms with van der Waals surface area (Å²) < 4.78 is 77.6. The first-order chi connectivity index (χ1) is 18.6. The number of carbonyl (C=O) groups is 1. The van der Waals surface area contributed by atoms with Gasteiger partial charge in [-0.2, -0.15) is 21.6 Å². The van der Waals surface area contributed by atoms with E-state index < -0.39 is 26.8 Å². The molecule has 40 heavy (non-hydrogen) atoms. The Morgan fingerprint density at radius 2 is 1.77 bits per heavy atom. The number of hydrogen-bond acceptors (Lipinski definition) is 6. The fourth-order valence-corrected chi connectivity index (χ4v) is 5.60. The summed E-state index contributed by atoms with van der Waals surface area (Å²) in [5, 5.41) is 0. The van der Waals surface area contributed by atoms with Crippen molar-refractivity contribution in [2.75, 3.05) is 31.1 Å². The van der Waals surface area contributed by atoms with Gasteiger partial charge in [-0.05, 0) is 56.4 Å². The van der Waals surface area contributed by atoms with Crippen molar-refractivity contribution in [3.8, 4) is 5.75 Å². The van der Waals surface area contributed by atoms with Crippen LogP contribution in [0.4, 0.5) is 18.9 Å². The second-order valence-electron chi connectivity index (χ2n) is 11.2. The number of rotatable bonds is 11. The highest BCUT2D eigenvalue weighted by atomic mass is 32.2. The predicted molar refractivity (Wildman–Crippen MR) is 148 cm³/mol. The normalized spacial score (nSPS) is 16.1. The molecule has 0 saturated carbocycles. The molecule has 11 heteroatoms. The van der Waals surface area contributed by atoms with Crippen molar-refractivity contribution < 1.29 is 35.3 Å². The van der Waals surface area contributed by atoms with E-state index >= 15 is 0 Å². The Morgan fingerprint density at radius 3 is 2.35 bits per heavy atom. The molecule has 1 aliphatic rings. The molecule has 0 radical (unpaired) electrons. The first-order valence-electron chi connectivity index (χ1n) is 13.5. The zero-order chi connectivity index (χ0) is 29.7. The van der Waals surface area contributed by atoms with Gasteiger partial charge in [0.1, 0.15) is 10.6 Å². The van der Waals surface area contributed by atoms with E-state index in [1.807, 2.05) is 45.6 Å². The van der Waals surface area contributed by atoms with Crippen LogP contribution < -0.4 is 9.08 Å². The van der Waals surface area contributed by atoms with Crippen LogP contribution in [0.2, 0.25) is 0 Å². The topological polar surface area (TPSA) is 76.2 Å². The lowest BCUT2D eigenvalue weighted by Gasteiger charge is -2.30. The van der Waals surface area contributed by atoms with E-state index in [1.54, 1.807) is 17.0 Å². The SMILES string of the molecule is CCN(CC)c1ccc(CN(CC2CCCO2)C(=O)CC(C)(C)C)c(OS(=O)(=O)c2cccc(C(F)(F)F)c2)c1. The predicted octanol–water partition coefficient (Wildman–Crippen LogP) is 6.26. The molecule has 1 heterocycles. The fourth-order valence-electron chi connectivity index (χ4n) is 4.59. The second-order valence-corrected chi connectivity index (χ2v) is 12.7. The van der Waals surface area contributed by atoms with Crippen molar-refractivity contribution in [2.24, 2.45) is 5.41 Å². The molecule has 3 rings (SSSR count). The summed E-state index contributed by atoms with van der Waals surface area (Å²) in [5.74, 6) is -0.148. The van der Waals surface area contributed by atoms with Gasteiger partial charge in [-0.3, -0.25) is 4.79 Å². The summed E-state index contributed by atoms with van der Waals surface area (Å²) in [4.78, 5) is 16.4. The van der Waals surface area contributed by atoms with Gasteiger partial charge in [-0.1, -0.05) is 32.9 Å². The largest absolute Gasteiger partial charge is 0.416 e. The van der Waals surface area contributed by atoms with E-state index in [9.17, 15) is 26.4 Å². The number of nitrogens with zero attached hydrogens (tertiary/aromatic N) is 2. The number of benzene rings is 2. The van der Waals surface area contributed by atoms with Crippen molar-refractivity contribution >= 4 is 21.7 Å². The zero-order valence-corrected chi connectivity index (χ0v) is 24.6. The summed E-state index contributed by atoms with van der Waals surface area (Å²) in [6, 6.07) is 8.54. The van der Waals surface area contributed by atoms with Gasteiger partial charge in [0, 0.05) is 56.5 Å². The quantitative estimate of drug-likeness (QED) is 0.290. The third-order valence-corrected chi connectivity index (χ3v) is 7.90. The molecule has 1 aliphatic heterocycles. The van der Waals surface area contributed by atoms with Crippen molar-refractivity contribution in [1.29, 1.82) is 0 Å². The van der Waals surface area contributed by atoms with Crippen LogP contribution >= 0.6 is 0 Å². The minimum atomic E-state index is -4.71. The van der Waals surface area contributed by atoms with Crippen molar-refractivity contribution in [3.63, 3.8) is 0 Å². The lowest BCUT2D eigenvalue weighted by Crippen LogP contribution is -2.38. The molecule has 1 unspecified atom stereocenters. The zero-order valence-electron chi connectivity index (χ0n) is 23.8. The Bertz CT molecular complexity index is 1270. The van der Waals surface area contributed by atoms with E-state index in [1.165, 1.54) is 0 Å². The number of carbonyl (C=O) groups excluding carboxylic acids is 1. The number of alkyl halides is 3. The standard InChI is InChI=1S/C29H39F3N2O5S/c1-6-33(7-2)23-14-13-21(19-34(20-24-11-9-15-38-24)27(35)18-28(3,4)5)26(17-23)39-40(36,37)25-12-8-10-22(16-25)29(30,31)32/h8,10,12-14,16-17,24H,6-7,9,11,15,18-20H2,1-5H3. The molecule has 1 saturated heterocycles. The van der Waals surface area contributed by atoms with Gasteiger partial charge < -0.3 is 18.7 Å². The third-order valence-electron chi connectivity index (χ3n) is 6.67. The molecule has 2 aromatic rings. The van der Waals surface area contributed by atoms with Gasteiger partial charge in [0.15, 0.2) is 0 Å². The monoisotopic (exact) mass is 584 g/mol. The van der Waals surface area contributed by atoms with E-state index in [-0.39, 0.29) is 36.1 Å². The van der Waals surface area contributed by atoms with Crippen LogP contribution in [0.3, 0.4) is 0 Å². The van der Waals surface area contributed by atoms with Gasteiger partial charge in [-0.15, -0.1) is 0 Å². The summed E-state index contributed by atoms with van der Waals surface area (Å²) >= 11 is 0. The molecule has 7 nitrogen and oxygen atoms in total. The fraction of sp³-hybridized carbons (Fsp3) is 0.552. The number of ether oxygens (including phenoxy) is 1. The van der Waals surface area contributed by atoms with Gasteiger partial charge in [0.25, 0.3) is 0 Å². The molecule has 2 aromatic carbocycles. The number of amides is 1. The van der Waals surface area contributed by atoms with Crippen molar-refractivity contribution in [2.45, 2.75) is 77.6 Å². The summed E-state index contributed by atoms with van der Waals surface area (Å²) in [5.41, 5.74) is -0.254. The molecular weight excluding hydrogens is 545 g/mol. The van der Waals surface area contributed by atoms with Crippen LogP contribution in [0.5, 0.6) is 5.75 Å². The molecular formula is C29H39F3N2O5S. The molecule has 222 valence electrons. The lowest BCUT2D eigenvalue weighted by molar-refractivity contribution is -0.138. The molecule has 1 amide bonds. The summed E-state index contributed by atoms with van der Waals surface area (Å²) in [6.45, 7) is 12.1. The van der Waals surface area contributed by atoms with Crippen molar-refractivity contribution in [3.05, 3.63) is 53.6 Å². The van der Waals surface area contributed by atoms with Crippen LogP contribution in [0.15, 0.2) is 47.4 Å². The molecule has 0 N–H and O–H groups in total. The van der Waals surface area contributed by atoms with Crippen LogP contribution in [0.25, 0.3) is 0 Å². The maximum Gasteiger partial charge on any atom is 0.416 e. The van der Waals surface area contributed by atoms with E-state index in [0.29, 0.717) is 43.6 Å². The van der Waals surface area contributed by atoms with E-state index in [0.717, 1.165) is 31.0 Å². The molecule has 0 aromatic heterocycles. The van der Waals surface area contributed by atoms with E-state index in [2.05, 4.69) is 0 Å². The van der Waals surface area contributed by atoms with Crippen molar-refractivity contribution in [1.82, 2.24) is 4.90 Å². The molecule has 0 spiro atoms. The first-order valence-corrected chi connectivity index (χ1v) is 14.9. The highest BCUT2D eigenvalue weighted by molar-refractivity contribution is 7.87. The first kappa shape index (κ1) is 31.7.